The number of nitrogens with one attached hydrogen (secondary N) is 1. The van der Waals surface area contributed by atoms with Crippen LogP contribution in [0, 0.1) is 0 Å². The van der Waals surface area contributed by atoms with E-state index in [-0.39, 0.29) is 6.04 Å². The quantitative estimate of drug-likeness (QED) is 0.753. The predicted octanol–water partition coefficient (Wildman–Crippen LogP) is 0.899. The van der Waals surface area contributed by atoms with Crippen LogP contribution < -0.4 is 5.32 Å². The van der Waals surface area contributed by atoms with Crippen molar-refractivity contribution in [2.24, 2.45) is 7.05 Å². The number of nitrogens with zero attached hydrogens (tertiary/aromatic N) is 6. The largest absolute Gasteiger partial charge is 0.311 e. The molecule has 0 radical (unpaired) electrons. The summed E-state index contributed by atoms with van der Waals surface area (Å²) in [7, 11) is 3.66. The monoisotopic (exact) mass is 283 g/mol. The first kappa shape index (κ1) is 13.4. The number of para-hydroxylation sites is 1. The van der Waals surface area contributed by atoms with Gasteiger partial charge < -0.3 is 5.32 Å². The molecule has 0 amide bonds. The fourth-order valence-corrected chi connectivity index (χ4v) is 2.19. The van der Waals surface area contributed by atoms with E-state index in [9.17, 15) is 0 Å². The van der Waals surface area contributed by atoms with Crippen molar-refractivity contribution >= 4 is 0 Å². The Morgan fingerprint density at radius 3 is 2.62 bits per heavy atom. The highest BCUT2D eigenvalue weighted by atomic mass is 15.6. The standard InChI is InChI=1S/C14H17N7/c1-15-13(10-14-16-19-20(2)18-14)12-8-9-21(17-12)11-6-4-3-5-7-11/h3-9,13,15H,10H2,1-2H3. The number of hydrogen-bond acceptors (Lipinski definition) is 5. The lowest BCUT2D eigenvalue weighted by Gasteiger charge is -2.11. The highest BCUT2D eigenvalue weighted by Gasteiger charge is 2.16. The van der Waals surface area contributed by atoms with Gasteiger partial charge in [-0.25, -0.2) is 4.68 Å². The van der Waals surface area contributed by atoms with E-state index in [2.05, 4.69) is 25.8 Å². The van der Waals surface area contributed by atoms with Crippen LogP contribution in [0.5, 0.6) is 0 Å². The maximum absolute atomic E-state index is 4.63. The highest BCUT2D eigenvalue weighted by Crippen LogP contribution is 2.16. The SMILES string of the molecule is CNC(Cc1nnn(C)n1)c1ccn(-c2ccccc2)n1. The van der Waals surface area contributed by atoms with Gasteiger partial charge in [0.2, 0.25) is 0 Å². The van der Waals surface area contributed by atoms with Gasteiger partial charge in [-0.15, -0.1) is 10.2 Å². The minimum Gasteiger partial charge on any atom is -0.311 e. The number of benzene rings is 1. The van der Waals surface area contributed by atoms with E-state index < -0.39 is 0 Å². The fourth-order valence-electron chi connectivity index (χ4n) is 2.19. The van der Waals surface area contributed by atoms with Crippen LogP contribution in [0.4, 0.5) is 0 Å². The normalized spacial score (nSPS) is 12.5. The predicted molar refractivity (Wildman–Crippen MR) is 77.9 cm³/mol. The summed E-state index contributed by atoms with van der Waals surface area (Å²) < 4.78 is 1.86. The van der Waals surface area contributed by atoms with Crippen LogP contribution >= 0.6 is 0 Å². The van der Waals surface area contributed by atoms with Gasteiger partial charge >= 0.3 is 0 Å². The summed E-state index contributed by atoms with van der Waals surface area (Å²) in [5.74, 6) is 0.700. The van der Waals surface area contributed by atoms with Crippen LogP contribution in [0.25, 0.3) is 5.69 Å². The third kappa shape index (κ3) is 2.97. The van der Waals surface area contributed by atoms with E-state index in [0.717, 1.165) is 11.4 Å². The Balaban J connectivity index is 1.80. The Morgan fingerprint density at radius 1 is 1.14 bits per heavy atom. The second kappa shape index (κ2) is 5.84. The maximum Gasteiger partial charge on any atom is 0.176 e. The summed E-state index contributed by atoms with van der Waals surface area (Å²) >= 11 is 0. The number of rotatable bonds is 5. The summed E-state index contributed by atoms with van der Waals surface area (Å²) in [6.07, 6.45) is 2.61. The van der Waals surface area contributed by atoms with E-state index >= 15 is 0 Å². The van der Waals surface area contributed by atoms with Crippen molar-refractivity contribution < 1.29 is 0 Å². The molecule has 1 atom stereocenters. The van der Waals surface area contributed by atoms with Crippen molar-refractivity contribution in [3.8, 4) is 5.69 Å². The first-order chi connectivity index (χ1) is 10.3. The second-order valence-electron chi connectivity index (χ2n) is 4.76. The van der Waals surface area contributed by atoms with Crippen molar-refractivity contribution in [2.45, 2.75) is 12.5 Å². The Kier molecular flexibility index (Phi) is 3.74. The molecule has 108 valence electrons. The number of aryl methyl sites for hydroxylation is 1. The smallest absolute Gasteiger partial charge is 0.176 e. The molecular formula is C14H17N7. The molecule has 1 unspecified atom stereocenters. The maximum atomic E-state index is 4.63. The Morgan fingerprint density at radius 2 is 1.95 bits per heavy atom. The van der Waals surface area contributed by atoms with Crippen molar-refractivity contribution in [3.05, 3.63) is 54.1 Å². The van der Waals surface area contributed by atoms with Crippen molar-refractivity contribution in [2.75, 3.05) is 7.05 Å². The lowest BCUT2D eigenvalue weighted by Crippen LogP contribution is -2.20. The van der Waals surface area contributed by atoms with Crippen molar-refractivity contribution in [1.82, 2.24) is 35.3 Å². The zero-order valence-electron chi connectivity index (χ0n) is 12.0. The van der Waals surface area contributed by atoms with E-state index in [0.29, 0.717) is 12.2 Å². The molecule has 7 heteroatoms. The number of aromatic nitrogens is 6. The van der Waals surface area contributed by atoms with Gasteiger partial charge in [0.15, 0.2) is 5.82 Å². The highest BCUT2D eigenvalue weighted by molar-refractivity contribution is 5.30. The lowest BCUT2D eigenvalue weighted by molar-refractivity contribution is 0.551. The molecule has 2 aromatic heterocycles. The van der Waals surface area contributed by atoms with Crippen molar-refractivity contribution in [3.63, 3.8) is 0 Å². The zero-order chi connectivity index (χ0) is 14.7. The van der Waals surface area contributed by atoms with Crippen LogP contribution in [0.15, 0.2) is 42.6 Å². The molecule has 0 fully saturated rings. The molecule has 0 saturated heterocycles. The van der Waals surface area contributed by atoms with Gasteiger partial charge in [-0.2, -0.15) is 9.90 Å². The van der Waals surface area contributed by atoms with Gasteiger partial charge in [0, 0.05) is 12.6 Å². The third-order valence-electron chi connectivity index (χ3n) is 3.27. The van der Waals surface area contributed by atoms with Gasteiger partial charge in [-0.05, 0) is 30.5 Å². The number of tetrazole rings is 1. The van der Waals surface area contributed by atoms with Crippen LogP contribution in [0.2, 0.25) is 0 Å². The minimum atomic E-state index is 0.0548. The van der Waals surface area contributed by atoms with E-state index in [1.165, 1.54) is 4.80 Å². The molecule has 3 aromatic rings. The summed E-state index contributed by atoms with van der Waals surface area (Å²) in [5, 5.41) is 20.0. The van der Waals surface area contributed by atoms with Gasteiger partial charge in [-0.3, -0.25) is 0 Å². The molecule has 3 rings (SSSR count). The average Bonchev–Trinajstić information content (AvgIpc) is 3.15. The fraction of sp³-hybridized carbons (Fsp3) is 0.286. The molecule has 1 N–H and O–H groups in total. The molecule has 21 heavy (non-hydrogen) atoms. The van der Waals surface area contributed by atoms with Crippen LogP contribution in [-0.2, 0) is 13.5 Å². The minimum absolute atomic E-state index is 0.0548. The number of hydrogen-bond donors (Lipinski definition) is 1. The zero-order valence-corrected chi connectivity index (χ0v) is 12.0. The van der Waals surface area contributed by atoms with E-state index in [1.807, 2.05) is 54.3 Å². The van der Waals surface area contributed by atoms with Crippen LogP contribution in [0.1, 0.15) is 17.6 Å². The van der Waals surface area contributed by atoms with E-state index in [4.69, 9.17) is 0 Å². The summed E-state index contributed by atoms with van der Waals surface area (Å²) in [6.45, 7) is 0. The molecule has 0 aliphatic heterocycles. The topological polar surface area (TPSA) is 73.5 Å². The summed E-state index contributed by atoms with van der Waals surface area (Å²) in [5.41, 5.74) is 1.99. The number of likely N-dealkylation sites (N-methyl/N-ethyl adjacent to an activating group) is 1. The molecule has 1 aromatic carbocycles. The first-order valence-corrected chi connectivity index (χ1v) is 6.77. The molecule has 2 heterocycles. The molecular weight excluding hydrogens is 266 g/mol. The molecule has 0 aliphatic rings. The Bertz CT molecular complexity index is 701. The third-order valence-corrected chi connectivity index (χ3v) is 3.27. The van der Waals surface area contributed by atoms with Gasteiger partial charge in [0.05, 0.1) is 24.5 Å². The first-order valence-electron chi connectivity index (χ1n) is 6.77. The van der Waals surface area contributed by atoms with Crippen LogP contribution in [-0.4, -0.2) is 37.0 Å². The molecule has 7 nitrogen and oxygen atoms in total. The van der Waals surface area contributed by atoms with E-state index in [1.54, 1.807) is 7.05 Å². The molecule has 0 spiro atoms. The van der Waals surface area contributed by atoms with Crippen molar-refractivity contribution in [1.29, 1.82) is 0 Å². The lowest BCUT2D eigenvalue weighted by atomic mass is 10.1. The van der Waals surface area contributed by atoms with Crippen LogP contribution in [0.3, 0.4) is 0 Å². The molecule has 0 aliphatic carbocycles. The Hall–Kier alpha value is -2.54. The second-order valence-corrected chi connectivity index (χ2v) is 4.76. The van der Waals surface area contributed by atoms with Gasteiger partial charge in [-0.1, -0.05) is 18.2 Å². The Labute approximate surface area is 122 Å². The summed E-state index contributed by atoms with van der Waals surface area (Å²) in [4.78, 5) is 1.46. The van der Waals surface area contributed by atoms with Gasteiger partial charge in [0.25, 0.3) is 0 Å². The van der Waals surface area contributed by atoms with Gasteiger partial charge in [0.1, 0.15) is 0 Å². The summed E-state index contributed by atoms with van der Waals surface area (Å²) in [6, 6.07) is 12.1. The molecule has 0 bridgehead atoms. The average molecular weight is 283 g/mol. The molecule has 0 saturated carbocycles.